The number of benzene rings is 2. The highest BCUT2D eigenvalue weighted by atomic mass is 35.5. The van der Waals surface area contributed by atoms with Crippen molar-refractivity contribution in [2.75, 3.05) is 26.2 Å². The first-order valence-electron chi connectivity index (χ1n) is 11.0. The summed E-state index contributed by atoms with van der Waals surface area (Å²) in [5.74, 6) is -0.0221. The van der Waals surface area contributed by atoms with Gasteiger partial charge in [0, 0.05) is 61.2 Å². The minimum absolute atomic E-state index is 0.0221. The van der Waals surface area contributed by atoms with E-state index in [9.17, 15) is 4.79 Å². The zero-order valence-corrected chi connectivity index (χ0v) is 19.8. The molecule has 1 aliphatic rings. The van der Waals surface area contributed by atoms with Crippen LogP contribution in [-0.4, -0.2) is 51.4 Å². The molecule has 1 aliphatic heterocycles. The monoisotopic (exact) mass is 489 g/mol. The molecule has 0 atom stereocenters. The van der Waals surface area contributed by atoms with Crippen LogP contribution < -0.4 is 0 Å². The smallest absolute Gasteiger partial charge is 0.256 e. The maximum Gasteiger partial charge on any atom is 0.256 e. The van der Waals surface area contributed by atoms with Crippen LogP contribution in [0.1, 0.15) is 21.5 Å². The van der Waals surface area contributed by atoms with Crippen molar-refractivity contribution in [2.45, 2.75) is 6.54 Å². The molecule has 5 rings (SSSR count). The zero-order valence-electron chi connectivity index (χ0n) is 18.3. The van der Waals surface area contributed by atoms with Crippen molar-refractivity contribution in [1.82, 2.24) is 19.4 Å². The number of rotatable bonds is 4. The first-order valence-corrected chi connectivity index (χ1v) is 11.7. The number of amides is 1. The fraction of sp³-hybridized carbons (Fsp3) is 0.192. The van der Waals surface area contributed by atoms with Gasteiger partial charge in [0.2, 0.25) is 0 Å². The molecule has 1 fully saturated rings. The Labute approximate surface area is 207 Å². The first-order chi connectivity index (χ1) is 16.5. The minimum Gasteiger partial charge on any atom is -0.336 e. The second-order valence-corrected chi connectivity index (χ2v) is 9.06. The Morgan fingerprint density at radius 2 is 1.79 bits per heavy atom. The van der Waals surface area contributed by atoms with Crippen LogP contribution in [0.4, 0.5) is 0 Å². The lowest BCUT2D eigenvalue weighted by Gasteiger charge is -2.34. The topological polar surface area (TPSA) is 65.2 Å². The molecule has 1 saturated heterocycles. The van der Waals surface area contributed by atoms with Crippen LogP contribution >= 0.6 is 23.2 Å². The van der Waals surface area contributed by atoms with Crippen molar-refractivity contribution in [3.63, 3.8) is 0 Å². The van der Waals surface area contributed by atoms with Crippen LogP contribution in [0.3, 0.4) is 0 Å². The number of carbonyl (C=O) groups excluding carboxylic acids is 1. The number of nitrogens with zero attached hydrogens (tertiary/aromatic N) is 5. The van der Waals surface area contributed by atoms with Gasteiger partial charge in [-0.25, -0.2) is 4.98 Å². The van der Waals surface area contributed by atoms with E-state index in [-0.39, 0.29) is 5.91 Å². The van der Waals surface area contributed by atoms with E-state index in [0.717, 1.165) is 36.3 Å². The average Bonchev–Trinajstić information content (AvgIpc) is 3.26. The molecule has 34 heavy (non-hydrogen) atoms. The number of hydrogen-bond donors (Lipinski definition) is 0. The predicted molar refractivity (Wildman–Crippen MR) is 133 cm³/mol. The second-order valence-electron chi connectivity index (χ2n) is 8.27. The van der Waals surface area contributed by atoms with Gasteiger partial charge in [-0.15, -0.1) is 0 Å². The molecular formula is C26H21Cl2N5O. The van der Waals surface area contributed by atoms with Gasteiger partial charge in [0.05, 0.1) is 22.7 Å². The van der Waals surface area contributed by atoms with Crippen LogP contribution in [0.2, 0.25) is 10.2 Å². The molecule has 0 aliphatic carbocycles. The standard InChI is InChI=1S/C26H21Cl2N5O/c27-20-4-6-21(7-5-20)33-17-23(22-8-9-30-25(28)24(22)33)26(34)32-12-10-31(11-13-32)16-19-3-1-2-18(14-19)15-29/h1-9,14,17H,10-13,16H2. The number of piperazine rings is 1. The maximum absolute atomic E-state index is 13.5. The third-order valence-electron chi connectivity index (χ3n) is 6.13. The summed E-state index contributed by atoms with van der Waals surface area (Å²) in [4.78, 5) is 22.0. The molecule has 170 valence electrons. The van der Waals surface area contributed by atoms with E-state index in [1.165, 1.54) is 0 Å². The maximum atomic E-state index is 13.5. The van der Waals surface area contributed by atoms with Crippen molar-refractivity contribution >= 4 is 40.0 Å². The van der Waals surface area contributed by atoms with Crippen LogP contribution in [-0.2, 0) is 6.54 Å². The van der Waals surface area contributed by atoms with Crippen LogP contribution in [0.5, 0.6) is 0 Å². The normalized spacial score (nSPS) is 14.3. The highest BCUT2D eigenvalue weighted by Crippen LogP contribution is 2.30. The molecule has 8 heteroatoms. The van der Waals surface area contributed by atoms with Crippen molar-refractivity contribution in [3.05, 3.63) is 93.9 Å². The summed E-state index contributed by atoms with van der Waals surface area (Å²) in [6, 6.07) is 19.1. The van der Waals surface area contributed by atoms with Gasteiger partial charge in [0.1, 0.15) is 0 Å². The molecule has 2 aromatic heterocycles. The third kappa shape index (κ3) is 4.38. The highest BCUT2D eigenvalue weighted by Gasteiger charge is 2.26. The molecule has 0 N–H and O–H groups in total. The molecule has 0 bridgehead atoms. The number of hydrogen-bond acceptors (Lipinski definition) is 4. The summed E-state index contributed by atoms with van der Waals surface area (Å²) in [5.41, 5.74) is 3.92. The Kier molecular flexibility index (Phi) is 6.25. The van der Waals surface area contributed by atoms with E-state index in [0.29, 0.717) is 39.9 Å². The lowest BCUT2D eigenvalue weighted by atomic mass is 10.1. The lowest BCUT2D eigenvalue weighted by molar-refractivity contribution is 0.0630. The molecule has 0 spiro atoms. The minimum atomic E-state index is -0.0221. The van der Waals surface area contributed by atoms with Gasteiger partial charge in [0.15, 0.2) is 5.15 Å². The van der Waals surface area contributed by atoms with E-state index in [2.05, 4.69) is 16.0 Å². The van der Waals surface area contributed by atoms with Crippen LogP contribution in [0, 0.1) is 11.3 Å². The van der Waals surface area contributed by atoms with Crippen molar-refractivity contribution in [3.8, 4) is 11.8 Å². The largest absolute Gasteiger partial charge is 0.336 e. The fourth-order valence-corrected chi connectivity index (χ4v) is 4.77. The van der Waals surface area contributed by atoms with Gasteiger partial charge in [-0.05, 0) is 48.0 Å². The quantitative estimate of drug-likeness (QED) is 0.371. The molecule has 3 heterocycles. The molecule has 0 radical (unpaired) electrons. The predicted octanol–water partition coefficient (Wildman–Crippen LogP) is 5.16. The van der Waals surface area contributed by atoms with E-state index >= 15 is 0 Å². The summed E-state index contributed by atoms with van der Waals surface area (Å²) in [6.45, 7) is 3.54. The number of pyridine rings is 1. The number of halogens is 2. The van der Waals surface area contributed by atoms with E-state index < -0.39 is 0 Å². The van der Waals surface area contributed by atoms with Gasteiger partial charge >= 0.3 is 0 Å². The van der Waals surface area contributed by atoms with Gasteiger partial charge in [-0.3, -0.25) is 9.69 Å². The number of carbonyl (C=O) groups is 1. The van der Waals surface area contributed by atoms with Crippen molar-refractivity contribution in [2.24, 2.45) is 0 Å². The Morgan fingerprint density at radius 1 is 1.03 bits per heavy atom. The first kappa shape index (κ1) is 22.4. The summed E-state index contributed by atoms with van der Waals surface area (Å²) in [5, 5.41) is 10.9. The molecular weight excluding hydrogens is 469 g/mol. The van der Waals surface area contributed by atoms with Gasteiger partial charge in [-0.1, -0.05) is 35.3 Å². The number of fused-ring (bicyclic) bond motifs is 1. The summed E-state index contributed by atoms with van der Waals surface area (Å²) < 4.78 is 1.90. The van der Waals surface area contributed by atoms with Crippen molar-refractivity contribution in [1.29, 1.82) is 5.26 Å². The molecule has 6 nitrogen and oxygen atoms in total. The Bertz CT molecular complexity index is 1400. The summed E-state index contributed by atoms with van der Waals surface area (Å²) >= 11 is 12.5. The second kappa shape index (κ2) is 9.47. The zero-order chi connectivity index (χ0) is 23.7. The van der Waals surface area contributed by atoms with E-state index in [1.807, 2.05) is 58.1 Å². The molecule has 0 saturated carbocycles. The number of nitriles is 1. The van der Waals surface area contributed by atoms with Crippen molar-refractivity contribution < 1.29 is 4.79 Å². The SMILES string of the molecule is N#Cc1cccc(CN2CCN(C(=O)c3cn(-c4ccc(Cl)cc4)c4c(Cl)nccc34)CC2)c1. The van der Waals surface area contributed by atoms with E-state index in [1.54, 1.807) is 18.3 Å². The Morgan fingerprint density at radius 3 is 2.53 bits per heavy atom. The Balaban J connectivity index is 1.37. The fourth-order valence-electron chi connectivity index (χ4n) is 4.39. The van der Waals surface area contributed by atoms with Gasteiger partial charge in [-0.2, -0.15) is 5.26 Å². The molecule has 0 unspecified atom stereocenters. The average molecular weight is 490 g/mol. The summed E-state index contributed by atoms with van der Waals surface area (Å²) in [6.07, 6.45) is 3.46. The summed E-state index contributed by atoms with van der Waals surface area (Å²) in [7, 11) is 0. The van der Waals surface area contributed by atoms with Crippen LogP contribution in [0.25, 0.3) is 16.6 Å². The molecule has 1 amide bonds. The third-order valence-corrected chi connectivity index (χ3v) is 6.65. The van der Waals surface area contributed by atoms with Crippen LogP contribution in [0.15, 0.2) is 67.0 Å². The Hall–Kier alpha value is -3.37. The lowest BCUT2D eigenvalue weighted by Crippen LogP contribution is -2.48. The van der Waals surface area contributed by atoms with Gasteiger partial charge in [0.25, 0.3) is 5.91 Å². The molecule has 2 aromatic carbocycles. The van der Waals surface area contributed by atoms with E-state index in [4.69, 9.17) is 28.5 Å². The number of aromatic nitrogens is 2. The highest BCUT2D eigenvalue weighted by molar-refractivity contribution is 6.34. The van der Waals surface area contributed by atoms with Gasteiger partial charge < -0.3 is 9.47 Å². The molecule has 4 aromatic rings.